The number of nitrogen functional groups attached to an aromatic ring is 1. The second-order valence-electron chi connectivity index (χ2n) is 4.17. The maximum Gasteiger partial charge on any atom is 0.311 e. The third-order valence-electron chi connectivity index (χ3n) is 2.69. The summed E-state index contributed by atoms with van der Waals surface area (Å²) < 4.78 is 13.0. The Kier molecular flexibility index (Phi) is 4.09. The molecule has 1 aromatic heterocycles. The molecule has 0 amide bonds. The molecule has 2 rings (SSSR count). The van der Waals surface area contributed by atoms with Gasteiger partial charge in [0.2, 0.25) is 5.82 Å². The van der Waals surface area contributed by atoms with Crippen LogP contribution in [0.2, 0.25) is 0 Å². The van der Waals surface area contributed by atoms with Crippen molar-refractivity contribution in [1.82, 2.24) is 4.98 Å². The van der Waals surface area contributed by atoms with Gasteiger partial charge in [0.05, 0.1) is 4.92 Å². The SMILES string of the molecule is Nc1ccc([N+](=O)[O-])c(NCCc2cccc(F)c2)n1. The van der Waals surface area contributed by atoms with Crippen LogP contribution in [0.4, 0.5) is 21.7 Å². The molecule has 0 aliphatic heterocycles. The van der Waals surface area contributed by atoms with E-state index in [1.165, 1.54) is 24.3 Å². The summed E-state index contributed by atoms with van der Waals surface area (Å²) >= 11 is 0. The highest BCUT2D eigenvalue weighted by Gasteiger charge is 2.14. The van der Waals surface area contributed by atoms with Crippen molar-refractivity contribution in [2.24, 2.45) is 0 Å². The molecule has 0 fully saturated rings. The topological polar surface area (TPSA) is 94.1 Å². The van der Waals surface area contributed by atoms with E-state index in [2.05, 4.69) is 10.3 Å². The predicted octanol–water partition coefficient (Wildman–Crippen LogP) is 2.37. The van der Waals surface area contributed by atoms with Gasteiger partial charge in [0.25, 0.3) is 0 Å². The van der Waals surface area contributed by atoms with Crippen LogP contribution in [0.3, 0.4) is 0 Å². The van der Waals surface area contributed by atoms with E-state index in [4.69, 9.17) is 5.73 Å². The zero-order valence-electron chi connectivity index (χ0n) is 10.5. The van der Waals surface area contributed by atoms with Gasteiger partial charge in [0.15, 0.2) is 0 Å². The molecule has 6 nitrogen and oxygen atoms in total. The van der Waals surface area contributed by atoms with Crippen molar-refractivity contribution in [3.05, 3.63) is 57.9 Å². The van der Waals surface area contributed by atoms with Gasteiger partial charge in [-0.05, 0) is 30.2 Å². The molecular weight excluding hydrogens is 263 g/mol. The molecule has 0 aliphatic rings. The first-order chi connectivity index (χ1) is 9.56. The molecule has 0 atom stereocenters. The molecule has 0 spiro atoms. The first-order valence-corrected chi connectivity index (χ1v) is 5.95. The summed E-state index contributed by atoms with van der Waals surface area (Å²) in [6.07, 6.45) is 0.519. The van der Waals surface area contributed by atoms with Gasteiger partial charge in [-0.1, -0.05) is 12.1 Å². The standard InChI is InChI=1S/C13H13FN4O2/c14-10-3-1-2-9(8-10)6-7-16-13-11(18(19)20)4-5-12(15)17-13/h1-5,8H,6-7H2,(H3,15,16,17). The van der Waals surface area contributed by atoms with Gasteiger partial charge in [-0.2, -0.15) is 0 Å². The van der Waals surface area contributed by atoms with Crippen LogP contribution in [0.1, 0.15) is 5.56 Å². The van der Waals surface area contributed by atoms with Crippen LogP contribution >= 0.6 is 0 Å². The molecule has 3 N–H and O–H groups in total. The lowest BCUT2D eigenvalue weighted by Crippen LogP contribution is -2.09. The fraction of sp³-hybridized carbons (Fsp3) is 0.154. The summed E-state index contributed by atoms with van der Waals surface area (Å²) in [5.41, 5.74) is 6.16. The minimum Gasteiger partial charge on any atom is -0.384 e. The van der Waals surface area contributed by atoms with Gasteiger partial charge in [-0.25, -0.2) is 9.37 Å². The lowest BCUT2D eigenvalue weighted by Gasteiger charge is -2.07. The Labute approximate surface area is 114 Å². The van der Waals surface area contributed by atoms with Crippen LogP contribution < -0.4 is 11.1 Å². The van der Waals surface area contributed by atoms with E-state index in [0.29, 0.717) is 13.0 Å². The van der Waals surface area contributed by atoms with Gasteiger partial charge in [-0.15, -0.1) is 0 Å². The smallest absolute Gasteiger partial charge is 0.311 e. The Hall–Kier alpha value is -2.70. The molecule has 2 aromatic rings. The number of hydrogen-bond acceptors (Lipinski definition) is 5. The second-order valence-corrected chi connectivity index (χ2v) is 4.17. The Morgan fingerprint density at radius 1 is 1.35 bits per heavy atom. The lowest BCUT2D eigenvalue weighted by atomic mass is 10.1. The summed E-state index contributed by atoms with van der Waals surface area (Å²) in [4.78, 5) is 14.2. The van der Waals surface area contributed by atoms with Crippen molar-refractivity contribution >= 4 is 17.3 Å². The average Bonchev–Trinajstić information content (AvgIpc) is 2.38. The van der Waals surface area contributed by atoms with E-state index in [9.17, 15) is 14.5 Å². The minimum absolute atomic E-state index is 0.117. The van der Waals surface area contributed by atoms with Crippen LogP contribution in [-0.4, -0.2) is 16.5 Å². The Morgan fingerprint density at radius 2 is 2.15 bits per heavy atom. The van der Waals surface area contributed by atoms with Gasteiger partial charge in [0, 0.05) is 12.6 Å². The number of benzene rings is 1. The molecule has 20 heavy (non-hydrogen) atoms. The quantitative estimate of drug-likeness (QED) is 0.645. The molecule has 0 bridgehead atoms. The fourth-order valence-electron chi connectivity index (χ4n) is 1.76. The van der Waals surface area contributed by atoms with Crippen molar-refractivity contribution in [2.45, 2.75) is 6.42 Å². The number of nitrogens with two attached hydrogens (primary N) is 1. The maximum atomic E-state index is 13.0. The molecule has 0 saturated carbocycles. The molecule has 0 unspecified atom stereocenters. The van der Waals surface area contributed by atoms with E-state index in [-0.39, 0.29) is 23.1 Å². The summed E-state index contributed by atoms with van der Waals surface area (Å²) in [5.74, 6) is 0.00539. The molecule has 7 heteroatoms. The Morgan fingerprint density at radius 3 is 2.85 bits per heavy atom. The molecular formula is C13H13FN4O2. The number of hydrogen-bond donors (Lipinski definition) is 2. The van der Waals surface area contributed by atoms with Gasteiger partial charge in [-0.3, -0.25) is 10.1 Å². The average molecular weight is 276 g/mol. The van der Waals surface area contributed by atoms with Crippen molar-refractivity contribution in [1.29, 1.82) is 0 Å². The Balaban J connectivity index is 2.04. The van der Waals surface area contributed by atoms with Crippen LogP contribution in [0, 0.1) is 15.9 Å². The van der Waals surface area contributed by atoms with Crippen LogP contribution in [0.25, 0.3) is 0 Å². The first-order valence-electron chi connectivity index (χ1n) is 5.95. The third-order valence-corrected chi connectivity index (χ3v) is 2.69. The molecule has 0 radical (unpaired) electrons. The molecule has 0 saturated heterocycles. The number of nitrogens with one attached hydrogen (secondary N) is 1. The van der Waals surface area contributed by atoms with Gasteiger partial charge in [0.1, 0.15) is 11.6 Å². The summed E-state index contributed by atoms with van der Waals surface area (Å²) in [6.45, 7) is 0.390. The van der Waals surface area contributed by atoms with Crippen LogP contribution in [0.5, 0.6) is 0 Å². The zero-order valence-corrected chi connectivity index (χ0v) is 10.5. The van der Waals surface area contributed by atoms with Crippen molar-refractivity contribution in [3.8, 4) is 0 Å². The number of anilines is 2. The van der Waals surface area contributed by atoms with Gasteiger partial charge < -0.3 is 11.1 Å². The largest absolute Gasteiger partial charge is 0.384 e. The summed E-state index contributed by atoms with van der Waals surface area (Å²) in [6, 6.07) is 8.85. The maximum absolute atomic E-state index is 13.0. The monoisotopic (exact) mass is 276 g/mol. The molecule has 1 aromatic carbocycles. The van der Waals surface area contributed by atoms with E-state index in [1.54, 1.807) is 12.1 Å². The highest BCUT2D eigenvalue weighted by Crippen LogP contribution is 2.22. The first kappa shape index (κ1) is 13.7. The molecule has 104 valence electrons. The van der Waals surface area contributed by atoms with Gasteiger partial charge >= 0.3 is 5.69 Å². The Bertz CT molecular complexity index is 634. The van der Waals surface area contributed by atoms with E-state index in [0.717, 1.165) is 5.56 Å². The lowest BCUT2D eigenvalue weighted by molar-refractivity contribution is -0.384. The number of pyridine rings is 1. The number of nitrogens with zero attached hydrogens (tertiary/aromatic N) is 2. The number of rotatable bonds is 5. The van der Waals surface area contributed by atoms with Crippen molar-refractivity contribution < 1.29 is 9.31 Å². The normalized spacial score (nSPS) is 10.2. The fourth-order valence-corrected chi connectivity index (χ4v) is 1.76. The molecule has 0 aliphatic carbocycles. The highest BCUT2D eigenvalue weighted by atomic mass is 19.1. The van der Waals surface area contributed by atoms with Crippen LogP contribution in [0.15, 0.2) is 36.4 Å². The predicted molar refractivity (Wildman–Crippen MR) is 73.9 cm³/mol. The molecule has 1 heterocycles. The highest BCUT2D eigenvalue weighted by molar-refractivity contribution is 5.59. The van der Waals surface area contributed by atoms with E-state index >= 15 is 0 Å². The zero-order chi connectivity index (χ0) is 14.5. The summed E-state index contributed by atoms with van der Waals surface area (Å²) in [5, 5.41) is 13.7. The minimum atomic E-state index is -0.531. The van der Waals surface area contributed by atoms with Crippen LogP contribution in [-0.2, 0) is 6.42 Å². The number of nitro groups is 1. The number of aromatic nitrogens is 1. The number of halogens is 1. The summed E-state index contributed by atoms with van der Waals surface area (Å²) in [7, 11) is 0. The van der Waals surface area contributed by atoms with Crippen molar-refractivity contribution in [2.75, 3.05) is 17.6 Å². The van der Waals surface area contributed by atoms with E-state index in [1.807, 2.05) is 0 Å². The third kappa shape index (κ3) is 3.41. The van der Waals surface area contributed by atoms with Crippen molar-refractivity contribution in [3.63, 3.8) is 0 Å². The second kappa shape index (κ2) is 5.96. The van der Waals surface area contributed by atoms with E-state index < -0.39 is 4.92 Å².